The summed E-state index contributed by atoms with van der Waals surface area (Å²) in [5, 5.41) is 12.1. The van der Waals surface area contributed by atoms with Crippen LogP contribution in [-0.4, -0.2) is 45.9 Å². The van der Waals surface area contributed by atoms with Gasteiger partial charge < -0.3 is 15.3 Å². The van der Waals surface area contributed by atoms with Crippen molar-refractivity contribution in [1.29, 1.82) is 0 Å². The molecule has 0 radical (unpaired) electrons. The molecule has 118 valence electrons. The number of nitrogens with one attached hydrogen (secondary N) is 1. The number of nitrogens with zero attached hydrogens (tertiary/aromatic N) is 1. The van der Waals surface area contributed by atoms with Crippen LogP contribution >= 0.6 is 0 Å². The summed E-state index contributed by atoms with van der Waals surface area (Å²) in [5.74, 6) is -1.53. The van der Waals surface area contributed by atoms with Crippen molar-refractivity contribution in [1.82, 2.24) is 10.2 Å². The molecular weight excluding hydrogens is 272 g/mol. The van der Waals surface area contributed by atoms with Gasteiger partial charge in [0.05, 0.1) is 11.3 Å². The standard InChI is InChI=1S/C15H24N2O4/c1-14(2,13(20)21)15(3,4)16-12(19)9-7-11(18)17(8-9)10-5-6-10/h9-10H,5-8H2,1-4H3,(H,16,19)(H,20,21). The van der Waals surface area contributed by atoms with Gasteiger partial charge in [-0.25, -0.2) is 0 Å². The molecule has 1 saturated carbocycles. The Bertz CT molecular complexity index is 480. The van der Waals surface area contributed by atoms with Crippen LogP contribution in [0.4, 0.5) is 0 Å². The summed E-state index contributed by atoms with van der Waals surface area (Å²) >= 11 is 0. The molecule has 21 heavy (non-hydrogen) atoms. The predicted octanol–water partition coefficient (Wildman–Crippen LogP) is 1.00. The minimum Gasteiger partial charge on any atom is -0.481 e. The van der Waals surface area contributed by atoms with Crippen LogP contribution in [0.1, 0.15) is 47.0 Å². The molecule has 2 rings (SSSR count). The molecule has 1 atom stereocenters. The van der Waals surface area contributed by atoms with Gasteiger partial charge >= 0.3 is 5.97 Å². The largest absolute Gasteiger partial charge is 0.481 e. The molecule has 0 spiro atoms. The molecule has 6 heteroatoms. The van der Waals surface area contributed by atoms with Gasteiger partial charge in [0.15, 0.2) is 0 Å². The molecule has 2 fully saturated rings. The Labute approximate surface area is 124 Å². The van der Waals surface area contributed by atoms with Gasteiger partial charge in [-0.05, 0) is 40.5 Å². The van der Waals surface area contributed by atoms with Crippen LogP contribution in [0.3, 0.4) is 0 Å². The second-order valence-corrected chi connectivity index (χ2v) is 7.22. The third-order valence-corrected chi connectivity index (χ3v) is 5.05. The smallest absolute Gasteiger partial charge is 0.311 e. The molecule has 1 aliphatic carbocycles. The summed E-state index contributed by atoms with van der Waals surface area (Å²) in [6.45, 7) is 7.04. The molecular formula is C15H24N2O4. The highest BCUT2D eigenvalue weighted by atomic mass is 16.4. The molecule has 1 aliphatic heterocycles. The third kappa shape index (κ3) is 2.89. The number of amides is 2. The average Bonchev–Trinajstić information content (AvgIpc) is 3.11. The SMILES string of the molecule is CC(C)(NC(=O)C1CC(=O)N(C2CC2)C1)C(C)(C)C(=O)O. The Morgan fingerprint density at radius 3 is 2.29 bits per heavy atom. The molecule has 2 amide bonds. The first-order valence-electron chi connectivity index (χ1n) is 7.41. The maximum absolute atomic E-state index is 12.4. The van der Waals surface area contributed by atoms with Gasteiger partial charge in [-0.15, -0.1) is 0 Å². The fraction of sp³-hybridized carbons (Fsp3) is 0.800. The fourth-order valence-electron chi connectivity index (χ4n) is 2.48. The zero-order chi connectivity index (χ0) is 16.0. The van der Waals surface area contributed by atoms with Crippen molar-refractivity contribution < 1.29 is 19.5 Å². The van der Waals surface area contributed by atoms with E-state index < -0.39 is 16.9 Å². The van der Waals surface area contributed by atoms with Gasteiger partial charge in [-0.3, -0.25) is 14.4 Å². The van der Waals surface area contributed by atoms with Crippen LogP contribution in [0.25, 0.3) is 0 Å². The minimum absolute atomic E-state index is 0.0351. The zero-order valence-electron chi connectivity index (χ0n) is 13.1. The zero-order valence-corrected chi connectivity index (χ0v) is 13.1. The van der Waals surface area contributed by atoms with Gasteiger partial charge in [-0.2, -0.15) is 0 Å². The van der Waals surface area contributed by atoms with E-state index >= 15 is 0 Å². The van der Waals surface area contributed by atoms with Gasteiger partial charge in [-0.1, -0.05) is 0 Å². The van der Waals surface area contributed by atoms with Crippen LogP contribution in [-0.2, 0) is 14.4 Å². The highest BCUT2D eigenvalue weighted by molar-refractivity contribution is 5.90. The summed E-state index contributed by atoms with van der Waals surface area (Å²) in [5.41, 5.74) is -1.99. The summed E-state index contributed by atoms with van der Waals surface area (Å²) < 4.78 is 0. The van der Waals surface area contributed by atoms with E-state index in [0.29, 0.717) is 12.6 Å². The first-order chi connectivity index (χ1) is 9.56. The van der Waals surface area contributed by atoms with Crippen LogP contribution < -0.4 is 5.32 Å². The maximum Gasteiger partial charge on any atom is 0.311 e. The lowest BCUT2D eigenvalue weighted by molar-refractivity contribution is -0.152. The van der Waals surface area contributed by atoms with Crippen molar-refractivity contribution >= 4 is 17.8 Å². The Balaban J connectivity index is 2.01. The molecule has 0 bridgehead atoms. The van der Waals surface area contributed by atoms with Crippen molar-refractivity contribution in [2.45, 2.75) is 58.5 Å². The number of hydrogen-bond donors (Lipinski definition) is 2. The fourth-order valence-corrected chi connectivity index (χ4v) is 2.48. The Morgan fingerprint density at radius 1 is 1.24 bits per heavy atom. The predicted molar refractivity (Wildman–Crippen MR) is 76.5 cm³/mol. The highest BCUT2D eigenvalue weighted by Gasteiger charge is 2.47. The first kappa shape index (κ1) is 15.8. The third-order valence-electron chi connectivity index (χ3n) is 5.05. The highest BCUT2D eigenvalue weighted by Crippen LogP contribution is 2.34. The lowest BCUT2D eigenvalue weighted by Crippen LogP contribution is -2.58. The Morgan fingerprint density at radius 2 is 1.81 bits per heavy atom. The summed E-state index contributed by atoms with van der Waals surface area (Å²) in [6.07, 6.45) is 2.28. The van der Waals surface area contributed by atoms with Gasteiger partial charge in [0.2, 0.25) is 11.8 Å². The minimum atomic E-state index is -1.10. The van der Waals surface area contributed by atoms with Crippen LogP contribution in [0, 0.1) is 11.3 Å². The van der Waals surface area contributed by atoms with Gasteiger partial charge in [0.25, 0.3) is 0 Å². The lowest BCUT2D eigenvalue weighted by atomic mass is 9.74. The van der Waals surface area contributed by atoms with E-state index in [1.165, 1.54) is 0 Å². The molecule has 0 aromatic carbocycles. The maximum atomic E-state index is 12.4. The number of carboxylic acid groups (broad SMARTS) is 1. The monoisotopic (exact) mass is 296 g/mol. The quantitative estimate of drug-likeness (QED) is 0.792. The van der Waals surface area contributed by atoms with Crippen LogP contribution in [0.15, 0.2) is 0 Å². The van der Waals surface area contributed by atoms with E-state index in [-0.39, 0.29) is 24.2 Å². The van der Waals surface area contributed by atoms with Gasteiger partial charge in [0, 0.05) is 24.5 Å². The number of hydrogen-bond acceptors (Lipinski definition) is 3. The molecule has 0 aromatic rings. The molecule has 1 unspecified atom stereocenters. The molecule has 0 aromatic heterocycles. The van der Waals surface area contributed by atoms with Crippen LogP contribution in [0.2, 0.25) is 0 Å². The second kappa shape index (κ2) is 5.00. The summed E-state index contributed by atoms with van der Waals surface area (Å²) in [6, 6.07) is 0.318. The van der Waals surface area contributed by atoms with E-state index in [2.05, 4.69) is 5.32 Å². The Hall–Kier alpha value is -1.59. The van der Waals surface area contributed by atoms with E-state index in [4.69, 9.17) is 0 Å². The van der Waals surface area contributed by atoms with Crippen molar-refractivity contribution in [3.05, 3.63) is 0 Å². The molecule has 2 aliphatic rings. The number of carboxylic acids is 1. The molecule has 1 saturated heterocycles. The van der Waals surface area contributed by atoms with Gasteiger partial charge in [0.1, 0.15) is 0 Å². The number of rotatable bonds is 5. The van der Waals surface area contributed by atoms with E-state index in [0.717, 1.165) is 12.8 Å². The van der Waals surface area contributed by atoms with Crippen molar-refractivity contribution in [3.8, 4) is 0 Å². The normalized spacial score (nSPS) is 23.3. The van der Waals surface area contributed by atoms with Crippen molar-refractivity contribution in [2.24, 2.45) is 11.3 Å². The van der Waals surface area contributed by atoms with E-state index in [9.17, 15) is 19.5 Å². The molecule has 1 heterocycles. The molecule has 6 nitrogen and oxygen atoms in total. The number of carbonyl (C=O) groups excluding carboxylic acids is 2. The first-order valence-corrected chi connectivity index (χ1v) is 7.41. The van der Waals surface area contributed by atoms with E-state index in [1.54, 1.807) is 32.6 Å². The number of likely N-dealkylation sites (tertiary alicyclic amines) is 1. The molecule has 2 N–H and O–H groups in total. The Kier molecular flexibility index (Phi) is 3.76. The average molecular weight is 296 g/mol. The topological polar surface area (TPSA) is 86.7 Å². The second-order valence-electron chi connectivity index (χ2n) is 7.22. The lowest BCUT2D eigenvalue weighted by Gasteiger charge is -2.39. The van der Waals surface area contributed by atoms with E-state index in [1.807, 2.05) is 0 Å². The van der Waals surface area contributed by atoms with Crippen LogP contribution in [0.5, 0.6) is 0 Å². The number of aliphatic carboxylic acids is 1. The number of carbonyl (C=O) groups is 3. The van der Waals surface area contributed by atoms with Crippen molar-refractivity contribution in [2.75, 3.05) is 6.54 Å². The summed E-state index contributed by atoms with van der Waals surface area (Å²) in [7, 11) is 0. The van der Waals surface area contributed by atoms with Crippen molar-refractivity contribution in [3.63, 3.8) is 0 Å². The summed E-state index contributed by atoms with van der Waals surface area (Å²) in [4.78, 5) is 37.4.